The Hall–Kier alpha value is -3.87. The van der Waals surface area contributed by atoms with Gasteiger partial charge >= 0.3 is 6.36 Å². The zero-order valence-corrected chi connectivity index (χ0v) is 22.1. The first-order valence-electron chi connectivity index (χ1n) is 12.9. The molecule has 0 radical (unpaired) electrons. The minimum atomic E-state index is -5.00. The summed E-state index contributed by atoms with van der Waals surface area (Å²) < 4.78 is 79.9. The molecule has 40 heavy (non-hydrogen) atoms. The molecular weight excluding hydrogens is 535 g/mol. The topological polar surface area (TPSA) is 74.8 Å². The predicted octanol–water partition coefficient (Wildman–Crippen LogP) is 5.47. The predicted molar refractivity (Wildman–Crippen MR) is 141 cm³/mol. The fourth-order valence-corrected chi connectivity index (χ4v) is 4.87. The van der Waals surface area contributed by atoms with Gasteiger partial charge in [0.05, 0.1) is 24.1 Å². The van der Waals surface area contributed by atoms with Crippen molar-refractivity contribution >= 4 is 23.0 Å². The van der Waals surface area contributed by atoms with Gasteiger partial charge < -0.3 is 29.9 Å². The maximum Gasteiger partial charge on any atom is 0.573 e. The lowest BCUT2D eigenvalue weighted by Crippen LogP contribution is -2.43. The average Bonchev–Trinajstić information content (AvgIpc) is 2.89. The molecule has 13 heteroatoms. The fraction of sp³-hybridized carbons (Fsp3) is 0.407. The van der Waals surface area contributed by atoms with Crippen LogP contribution in [0.1, 0.15) is 20.8 Å². The quantitative estimate of drug-likeness (QED) is 0.382. The second kappa shape index (κ2) is 11.0. The number of benzene rings is 2. The Morgan fingerprint density at radius 1 is 1.07 bits per heavy atom. The Labute approximate surface area is 228 Å². The van der Waals surface area contributed by atoms with E-state index in [1.807, 2.05) is 23.6 Å². The van der Waals surface area contributed by atoms with Crippen molar-refractivity contribution in [1.82, 2.24) is 15.3 Å². The molecule has 1 fully saturated rings. The molecule has 214 valence electrons. The van der Waals surface area contributed by atoms with E-state index in [1.54, 1.807) is 19.1 Å². The first kappa shape index (κ1) is 27.7. The van der Waals surface area contributed by atoms with Crippen LogP contribution in [0.5, 0.6) is 11.5 Å². The molecule has 0 bridgehead atoms. The molecule has 3 aromatic rings. The molecule has 8 nitrogen and oxygen atoms in total. The number of nitrogens with one attached hydrogen (secondary N) is 2. The summed E-state index contributed by atoms with van der Waals surface area (Å²) in [5, 5.41) is 6.07. The first-order valence-corrected chi connectivity index (χ1v) is 12.9. The summed E-state index contributed by atoms with van der Waals surface area (Å²) in [6.45, 7) is 8.78. The van der Waals surface area contributed by atoms with Crippen LogP contribution in [-0.4, -0.2) is 61.2 Å². The lowest BCUT2D eigenvalue weighted by Gasteiger charge is -2.38. The molecule has 2 aliphatic heterocycles. The van der Waals surface area contributed by atoms with Crippen molar-refractivity contribution in [3.05, 3.63) is 48.2 Å². The molecule has 2 N–H and O–H groups in total. The van der Waals surface area contributed by atoms with E-state index in [-0.39, 0.29) is 29.0 Å². The summed E-state index contributed by atoms with van der Waals surface area (Å²) in [7, 11) is 0. The Balaban J connectivity index is 1.50. The van der Waals surface area contributed by atoms with Crippen LogP contribution in [0.3, 0.4) is 0 Å². The molecule has 0 saturated carbocycles. The average molecular weight is 565 g/mol. The van der Waals surface area contributed by atoms with Gasteiger partial charge in [0.15, 0.2) is 17.3 Å². The lowest BCUT2D eigenvalue weighted by atomic mass is 10.1. The second-order valence-corrected chi connectivity index (χ2v) is 9.96. The Kier molecular flexibility index (Phi) is 7.58. The normalized spacial score (nSPS) is 17.5. The number of hydrogen-bond donors (Lipinski definition) is 2. The minimum Gasteiger partial charge on any atom is -0.483 e. The molecule has 2 aliphatic rings. The van der Waals surface area contributed by atoms with E-state index >= 15 is 4.39 Å². The molecular formula is C27H29F5N6O2. The van der Waals surface area contributed by atoms with Gasteiger partial charge in [0.1, 0.15) is 17.6 Å². The largest absolute Gasteiger partial charge is 0.573 e. The Bertz CT molecular complexity index is 1380. The Morgan fingerprint density at radius 2 is 1.82 bits per heavy atom. The highest BCUT2D eigenvalue weighted by molar-refractivity contribution is 5.77. The zero-order chi connectivity index (χ0) is 28.6. The maximum atomic E-state index is 15.0. The highest BCUT2D eigenvalue weighted by atomic mass is 19.4. The zero-order valence-electron chi connectivity index (χ0n) is 22.1. The van der Waals surface area contributed by atoms with E-state index in [0.717, 1.165) is 25.4 Å². The summed E-state index contributed by atoms with van der Waals surface area (Å²) >= 11 is 0. The number of aromatic nitrogens is 2. The van der Waals surface area contributed by atoms with Gasteiger partial charge in [-0.1, -0.05) is 0 Å². The summed E-state index contributed by atoms with van der Waals surface area (Å²) in [4.78, 5) is 11.9. The number of fused-ring (bicyclic) bond motifs is 1. The van der Waals surface area contributed by atoms with Crippen molar-refractivity contribution in [2.75, 3.05) is 47.8 Å². The molecule has 1 saturated heterocycles. The van der Waals surface area contributed by atoms with Crippen molar-refractivity contribution in [1.29, 1.82) is 0 Å². The van der Waals surface area contributed by atoms with Crippen molar-refractivity contribution in [3.8, 4) is 22.8 Å². The van der Waals surface area contributed by atoms with Crippen molar-refractivity contribution in [2.24, 2.45) is 0 Å². The minimum absolute atomic E-state index is 0.0324. The standard InChI is InChI=1S/C27H29F5N6O2/c1-15(2)38-14-16(3)39-25-22(38)10-17(11-23(25)40-27(30,31)32)24-20(29)13-34-26(36-24)35-18-4-5-21(19(28)12-18)37-8-6-33-7-9-37/h4-5,10-13,15-16,33H,6-9,14H2,1-3H3,(H,34,35,36). The van der Waals surface area contributed by atoms with E-state index in [4.69, 9.17) is 4.74 Å². The first-order chi connectivity index (χ1) is 19.0. The molecule has 2 aromatic carbocycles. The van der Waals surface area contributed by atoms with Crippen LogP contribution in [0.25, 0.3) is 11.3 Å². The number of piperazine rings is 1. The van der Waals surface area contributed by atoms with E-state index in [1.165, 1.54) is 12.1 Å². The lowest BCUT2D eigenvalue weighted by molar-refractivity contribution is -0.275. The monoisotopic (exact) mass is 564 g/mol. The van der Waals surface area contributed by atoms with Crippen LogP contribution in [0.4, 0.5) is 45.0 Å². The van der Waals surface area contributed by atoms with Crippen LogP contribution in [0.2, 0.25) is 0 Å². The second-order valence-electron chi connectivity index (χ2n) is 9.96. The van der Waals surface area contributed by atoms with Crippen LogP contribution < -0.4 is 29.9 Å². The summed E-state index contributed by atoms with van der Waals surface area (Å²) in [6, 6.07) is 7.04. The van der Waals surface area contributed by atoms with Crippen molar-refractivity contribution in [2.45, 2.75) is 39.3 Å². The molecule has 0 spiro atoms. The smallest absolute Gasteiger partial charge is 0.483 e. The van der Waals surface area contributed by atoms with Gasteiger partial charge in [0.25, 0.3) is 0 Å². The highest BCUT2D eigenvalue weighted by Gasteiger charge is 2.36. The van der Waals surface area contributed by atoms with Crippen LogP contribution >= 0.6 is 0 Å². The third kappa shape index (κ3) is 5.98. The van der Waals surface area contributed by atoms with Gasteiger partial charge in [0.2, 0.25) is 5.95 Å². The molecule has 0 aliphatic carbocycles. The molecule has 0 amide bonds. The number of alkyl halides is 3. The van der Waals surface area contributed by atoms with Gasteiger partial charge in [-0.3, -0.25) is 0 Å². The van der Waals surface area contributed by atoms with Gasteiger partial charge in [0, 0.05) is 43.5 Å². The highest BCUT2D eigenvalue weighted by Crippen LogP contribution is 2.47. The van der Waals surface area contributed by atoms with E-state index in [0.29, 0.717) is 36.7 Å². The van der Waals surface area contributed by atoms with Gasteiger partial charge in [-0.05, 0) is 51.1 Å². The van der Waals surface area contributed by atoms with Crippen LogP contribution in [-0.2, 0) is 0 Å². The molecule has 5 rings (SSSR count). The molecule has 1 atom stereocenters. The van der Waals surface area contributed by atoms with Crippen LogP contribution in [0.15, 0.2) is 36.5 Å². The van der Waals surface area contributed by atoms with Crippen LogP contribution in [0, 0.1) is 11.6 Å². The summed E-state index contributed by atoms with van der Waals surface area (Å²) in [5.74, 6) is -2.05. The maximum absolute atomic E-state index is 15.0. The SMILES string of the molecule is CC1CN(C(C)C)c2cc(-c3nc(Nc4ccc(N5CCNCC5)c(F)c4)ncc3F)cc(OC(F)(F)F)c2O1. The van der Waals surface area contributed by atoms with Gasteiger partial charge in [-0.25, -0.2) is 18.7 Å². The fourth-order valence-electron chi connectivity index (χ4n) is 4.87. The third-order valence-corrected chi connectivity index (χ3v) is 6.65. The number of rotatable bonds is 6. The van der Waals surface area contributed by atoms with Gasteiger partial charge in [-0.2, -0.15) is 0 Å². The number of nitrogens with zero attached hydrogens (tertiary/aromatic N) is 4. The Morgan fingerprint density at radius 3 is 2.50 bits per heavy atom. The summed E-state index contributed by atoms with van der Waals surface area (Å²) in [5.41, 5.74) is 0.889. The van der Waals surface area contributed by atoms with E-state index in [2.05, 4.69) is 25.3 Å². The van der Waals surface area contributed by atoms with Gasteiger partial charge in [-0.15, -0.1) is 13.2 Å². The number of halogens is 5. The number of anilines is 4. The number of hydrogen-bond acceptors (Lipinski definition) is 8. The summed E-state index contributed by atoms with van der Waals surface area (Å²) in [6.07, 6.45) is -4.50. The van der Waals surface area contributed by atoms with E-state index < -0.39 is 29.9 Å². The third-order valence-electron chi connectivity index (χ3n) is 6.65. The van der Waals surface area contributed by atoms with Crippen molar-refractivity contribution in [3.63, 3.8) is 0 Å². The molecule has 1 aromatic heterocycles. The van der Waals surface area contributed by atoms with Crippen molar-refractivity contribution < 1.29 is 31.4 Å². The number of ether oxygens (including phenoxy) is 2. The molecule has 1 unspecified atom stereocenters. The molecule has 3 heterocycles. The van der Waals surface area contributed by atoms with E-state index in [9.17, 15) is 17.6 Å².